The highest BCUT2D eigenvalue weighted by atomic mass is 19.1. The molecule has 16 heavy (non-hydrogen) atoms. The van der Waals surface area contributed by atoms with Crippen LogP contribution in [0.5, 0.6) is 0 Å². The van der Waals surface area contributed by atoms with Crippen LogP contribution in [-0.2, 0) is 14.3 Å². The van der Waals surface area contributed by atoms with Gasteiger partial charge in [-0.15, -0.1) is 0 Å². The summed E-state index contributed by atoms with van der Waals surface area (Å²) < 4.78 is 22.5. The molecule has 0 bridgehead atoms. The molecule has 5 heteroatoms. The van der Waals surface area contributed by atoms with E-state index in [0.29, 0.717) is 11.5 Å². The Hall–Kier alpha value is -1.91. The summed E-state index contributed by atoms with van der Waals surface area (Å²) in [6.45, 7) is 0.166. The van der Waals surface area contributed by atoms with E-state index in [-0.39, 0.29) is 12.4 Å². The zero-order valence-electron chi connectivity index (χ0n) is 8.64. The van der Waals surface area contributed by atoms with E-state index >= 15 is 0 Å². The van der Waals surface area contributed by atoms with Gasteiger partial charge in [-0.2, -0.15) is 0 Å². The number of esters is 1. The lowest BCUT2D eigenvalue weighted by Gasteiger charge is -2.00. The second-order valence-electron chi connectivity index (χ2n) is 3.29. The fraction of sp³-hybridized carbons (Fsp3) is 0.273. The van der Waals surface area contributed by atoms with E-state index in [9.17, 15) is 9.18 Å². The Balaban J connectivity index is 2.17. The zero-order chi connectivity index (χ0) is 11.5. The lowest BCUT2D eigenvalue weighted by Crippen LogP contribution is -2.21. The van der Waals surface area contributed by atoms with Gasteiger partial charge in [-0.25, -0.2) is 14.2 Å². The third-order valence-corrected chi connectivity index (χ3v) is 2.22. The van der Waals surface area contributed by atoms with E-state index in [0.717, 1.165) is 0 Å². The number of nitrogens with zero attached hydrogens (tertiary/aromatic N) is 1. The molecule has 84 valence electrons. The molecule has 0 saturated heterocycles. The number of hydrogen-bond acceptors (Lipinski definition) is 4. The third kappa shape index (κ3) is 2.03. The van der Waals surface area contributed by atoms with Gasteiger partial charge in [0.15, 0.2) is 6.04 Å². The highest BCUT2D eigenvalue weighted by molar-refractivity contribution is 5.97. The molecule has 0 aliphatic carbocycles. The molecule has 1 heterocycles. The molecule has 1 aromatic rings. The Labute approximate surface area is 91.7 Å². The fourth-order valence-electron chi connectivity index (χ4n) is 1.38. The standard InChI is InChI=1S/C11H10FNO3/c1-15-11(14)9-6-16-10(13-9)7-2-4-8(12)5-3-7/h2-5,9H,6H2,1H3/t9-/m1/s1. The maximum atomic E-state index is 12.7. The quantitative estimate of drug-likeness (QED) is 0.706. The third-order valence-electron chi connectivity index (χ3n) is 2.22. The minimum absolute atomic E-state index is 0.166. The maximum absolute atomic E-state index is 12.7. The Kier molecular flexibility index (Phi) is 2.85. The molecule has 4 nitrogen and oxygen atoms in total. The van der Waals surface area contributed by atoms with Crippen molar-refractivity contribution in [2.45, 2.75) is 6.04 Å². The predicted molar refractivity (Wildman–Crippen MR) is 54.7 cm³/mol. The van der Waals surface area contributed by atoms with Crippen molar-refractivity contribution in [2.24, 2.45) is 4.99 Å². The second-order valence-corrected chi connectivity index (χ2v) is 3.29. The summed E-state index contributed by atoms with van der Waals surface area (Å²) in [5, 5.41) is 0. The summed E-state index contributed by atoms with van der Waals surface area (Å²) in [5.41, 5.74) is 0.646. The summed E-state index contributed by atoms with van der Waals surface area (Å²) in [6.07, 6.45) is 0. The molecule has 2 rings (SSSR count). The Bertz CT molecular complexity index is 427. The number of methoxy groups -OCH3 is 1. The van der Waals surface area contributed by atoms with Crippen molar-refractivity contribution >= 4 is 11.9 Å². The lowest BCUT2D eigenvalue weighted by molar-refractivity contribution is -0.142. The molecule has 0 radical (unpaired) electrons. The molecule has 1 aliphatic heterocycles. The largest absolute Gasteiger partial charge is 0.475 e. The van der Waals surface area contributed by atoms with Gasteiger partial charge in [0.1, 0.15) is 12.4 Å². The van der Waals surface area contributed by atoms with Crippen LogP contribution in [0.15, 0.2) is 29.3 Å². The molecule has 1 atom stereocenters. The van der Waals surface area contributed by atoms with Crippen LogP contribution in [0.3, 0.4) is 0 Å². The number of rotatable bonds is 2. The number of hydrogen-bond donors (Lipinski definition) is 0. The van der Waals surface area contributed by atoms with Gasteiger partial charge >= 0.3 is 5.97 Å². The summed E-state index contributed by atoms with van der Waals surface area (Å²) in [7, 11) is 1.30. The van der Waals surface area contributed by atoms with Gasteiger partial charge < -0.3 is 9.47 Å². The van der Waals surface area contributed by atoms with Crippen LogP contribution in [0.4, 0.5) is 4.39 Å². The number of ether oxygens (including phenoxy) is 2. The average Bonchev–Trinajstić information content (AvgIpc) is 2.78. The number of halogens is 1. The van der Waals surface area contributed by atoms with E-state index in [1.165, 1.54) is 19.2 Å². The van der Waals surface area contributed by atoms with Gasteiger partial charge in [0.05, 0.1) is 7.11 Å². The predicted octanol–water partition coefficient (Wildman–Crippen LogP) is 1.14. The average molecular weight is 223 g/mol. The number of aliphatic imine (C=N–C) groups is 1. The first kappa shape index (κ1) is 10.6. The smallest absolute Gasteiger partial charge is 0.334 e. The van der Waals surface area contributed by atoms with Crippen molar-refractivity contribution in [3.05, 3.63) is 35.6 Å². The van der Waals surface area contributed by atoms with Crippen molar-refractivity contribution < 1.29 is 18.7 Å². The molecule has 0 amide bonds. The molecule has 0 unspecified atom stereocenters. The Morgan fingerprint density at radius 3 is 2.81 bits per heavy atom. The number of carbonyl (C=O) groups excluding carboxylic acids is 1. The normalized spacial score (nSPS) is 18.9. The molecule has 0 fully saturated rings. The number of benzene rings is 1. The van der Waals surface area contributed by atoms with Crippen molar-refractivity contribution in [2.75, 3.05) is 13.7 Å². The van der Waals surface area contributed by atoms with Gasteiger partial charge in [0.2, 0.25) is 5.90 Å². The van der Waals surface area contributed by atoms with E-state index in [2.05, 4.69) is 9.73 Å². The van der Waals surface area contributed by atoms with Crippen LogP contribution in [0.2, 0.25) is 0 Å². The minimum Gasteiger partial charge on any atom is -0.475 e. The molecule has 0 saturated carbocycles. The molecule has 0 N–H and O–H groups in total. The molecule has 0 aromatic heterocycles. The molecular formula is C11H10FNO3. The first-order valence-electron chi connectivity index (χ1n) is 4.75. The van der Waals surface area contributed by atoms with Gasteiger partial charge in [0, 0.05) is 5.56 Å². The first-order chi connectivity index (χ1) is 7.70. The highest BCUT2D eigenvalue weighted by Crippen LogP contribution is 2.13. The van der Waals surface area contributed by atoms with Gasteiger partial charge in [-0.1, -0.05) is 0 Å². The molecule has 0 spiro atoms. The van der Waals surface area contributed by atoms with Crippen molar-refractivity contribution in [1.82, 2.24) is 0 Å². The molecular weight excluding hydrogens is 213 g/mol. The van der Waals surface area contributed by atoms with E-state index in [4.69, 9.17) is 4.74 Å². The second kappa shape index (κ2) is 4.30. The zero-order valence-corrected chi connectivity index (χ0v) is 8.64. The van der Waals surface area contributed by atoms with Crippen LogP contribution in [0.25, 0.3) is 0 Å². The SMILES string of the molecule is COC(=O)[C@H]1COC(c2ccc(F)cc2)=N1. The van der Waals surface area contributed by atoms with Crippen molar-refractivity contribution in [3.63, 3.8) is 0 Å². The van der Waals surface area contributed by atoms with Crippen LogP contribution >= 0.6 is 0 Å². The van der Waals surface area contributed by atoms with E-state index < -0.39 is 12.0 Å². The van der Waals surface area contributed by atoms with E-state index in [1.54, 1.807) is 12.1 Å². The Morgan fingerprint density at radius 2 is 2.19 bits per heavy atom. The van der Waals surface area contributed by atoms with Crippen molar-refractivity contribution in [1.29, 1.82) is 0 Å². The lowest BCUT2D eigenvalue weighted by atomic mass is 10.2. The molecule has 1 aromatic carbocycles. The van der Waals surface area contributed by atoms with Crippen LogP contribution in [0, 0.1) is 5.82 Å². The monoisotopic (exact) mass is 223 g/mol. The van der Waals surface area contributed by atoms with Crippen LogP contribution in [-0.4, -0.2) is 31.6 Å². The molecule has 1 aliphatic rings. The van der Waals surface area contributed by atoms with Gasteiger partial charge in [-0.05, 0) is 24.3 Å². The van der Waals surface area contributed by atoms with Gasteiger partial charge in [0.25, 0.3) is 0 Å². The van der Waals surface area contributed by atoms with Crippen LogP contribution in [0.1, 0.15) is 5.56 Å². The number of carbonyl (C=O) groups is 1. The summed E-state index contributed by atoms with van der Waals surface area (Å²) >= 11 is 0. The Morgan fingerprint density at radius 1 is 1.50 bits per heavy atom. The fourth-order valence-corrected chi connectivity index (χ4v) is 1.38. The minimum atomic E-state index is -0.620. The van der Waals surface area contributed by atoms with Crippen LogP contribution < -0.4 is 0 Å². The summed E-state index contributed by atoms with van der Waals surface area (Å²) in [5.74, 6) is -0.417. The van der Waals surface area contributed by atoms with E-state index in [1.807, 2.05) is 0 Å². The van der Waals surface area contributed by atoms with Gasteiger partial charge in [-0.3, -0.25) is 0 Å². The summed E-state index contributed by atoms with van der Waals surface area (Å²) in [6, 6.07) is 5.10. The summed E-state index contributed by atoms with van der Waals surface area (Å²) in [4.78, 5) is 15.2. The maximum Gasteiger partial charge on any atom is 0.334 e. The van der Waals surface area contributed by atoms with Crippen molar-refractivity contribution in [3.8, 4) is 0 Å². The topological polar surface area (TPSA) is 47.9 Å². The highest BCUT2D eigenvalue weighted by Gasteiger charge is 2.27. The first-order valence-corrected chi connectivity index (χ1v) is 4.75.